The summed E-state index contributed by atoms with van der Waals surface area (Å²) < 4.78 is 2.44. The monoisotopic (exact) mass is 809 g/mol. The number of aromatic nitrogens is 1. The Kier molecular flexibility index (Phi) is 7.38. The molecule has 2 aliphatic carbocycles. The molecule has 1 spiro atoms. The van der Waals surface area contributed by atoms with Gasteiger partial charge >= 0.3 is 0 Å². The van der Waals surface area contributed by atoms with Gasteiger partial charge in [0.2, 0.25) is 0 Å². The predicted octanol–water partition coefficient (Wildman–Crippen LogP) is 16.4. The number of nitrogens with zero attached hydrogens (tertiary/aromatic N) is 1. The number of hydrogen-bond donors (Lipinski definition) is 0. The zero-order chi connectivity index (χ0) is 41.9. The third-order valence-corrected chi connectivity index (χ3v) is 14.4. The van der Waals surface area contributed by atoms with E-state index >= 15 is 0 Å². The zero-order valence-electron chi connectivity index (χ0n) is 35.0. The summed E-state index contributed by atoms with van der Waals surface area (Å²) in [6, 6.07) is 88.2. The Morgan fingerprint density at radius 3 is 1.23 bits per heavy atom. The van der Waals surface area contributed by atoms with Crippen molar-refractivity contribution in [1.29, 1.82) is 0 Å². The fraction of sp³-hybridized carbons (Fsp3) is 0.0159. The molecule has 0 saturated carbocycles. The van der Waals surface area contributed by atoms with Gasteiger partial charge in [0.15, 0.2) is 0 Å². The zero-order valence-corrected chi connectivity index (χ0v) is 35.0. The number of fused-ring (bicyclic) bond motifs is 15. The molecule has 0 saturated heterocycles. The van der Waals surface area contributed by atoms with Gasteiger partial charge < -0.3 is 4.57 Å². The molecule has 0 unspecified atom stereocenters. The molecule has 0 radical (unpaired) electrons. The lowest BCUT2D eigenvalue weighted by atomic mass is 9.70. The van der Waals surface area contributed by atoms with Crippen LogP contribution in [0.4, 0.5) is 0 Å². The Bertz CT molecular complexity index is 3770. The molecule has 1 nitrogen and oxygen atoms in total. The first kappa shape index (κ1) is 35.3. The van der Waals surface area contributed by atoms with Crippen LogP contribution < -0.4 is 0 Å². The van der Waals surface area contributed by atoms with Gasteiger partial charge in [-0.05, 0) is 136 Å². The fourth-order valence-corrected chi connectivity index (χ4v) is 11.8. The molecule has 0 fully saturated rings. The summed E-state index contributed by atoms with van der Waals surface area (Å²) in [6.45, 7) is 0. The molecule has 11 aromatic carbocycles. The second-order valence-electron chi connectivity index (χ2n) is 17.5. The maximum atomic E-state index is 2.49. The van der Waals surface area contributed by atoms with Gasteiger partial charge in [-0.2, -0.15) is 0 Å². The highest BCUT2D eigenvalue weighted by Gasteiger charge is 2.51. The molecular weight excluding hydrogens is 771 g/mol. The van der Waals surface area contributed by atoms with E-state index in [0.717, 1.165) is 5.69 Å². The van der Waals surface area contributed by atoms with Crippen LogP contribution in [0.25, 0.3) is 105 Å². The molecule has 1 aromatic heterocycles. The number of para-hydroxylation sites is 1. The summed E-state index contributed by atoms with van der Waals surface area (Å²) in [6.07, 6.45) is 0. The van der Waals surface area contributed by atoms with Crippen LogP contribution in [-0.4, -0.2) is 4.57 Å². The lowest BCUT2D eigenvalue weighted by Crippen LogP contribution is -2.25. The van der Waals surface area contributed by atoms with E-state index < -0.39 is 0 Å². The third kappa shape index (κ3) is 4.73. The molecule has 2 aliphatic rings. The van der Waals surface area contributed by atoms with Crippen molar-refractivity contribution in [2.24, 2.45) is 0 Å². The van der Waals surface area contributed by atoms with Crippen LogP contribution in [0.2, 0.25) is 0 Å². The van der Waals surface area contributed by atoms with E-state index in [1.807, 2.05) is 0 Å². The molecular formula is C63H39N. The normalized spacial score (nSPS) is 13.1. The summed E-state index contributed by atoms with van der Waals surface area (Å²) in [5.74, 6) is 0. The average Bonchev–Trinajstić information content (AvgIpc) is 3.97. The molecule has 12 aromatic rings. The van der Waals surface area contributed by atoms with Crippen LogP contribution >= 0.6 is 0 Å². The van der Waals surface area contributed by atoms with Crippen molar-refractivity contribution < 1.29 is 0 Å². The van der Waals surface area contributed by atoms with Gasteiger partial charge in [-0.25, -0.2) is 0 Å². The molecule has 64 heavy (non-hydrogen) atoms. The van der Waals surface area contributed by atoms with Gasteiger partial charge in [0.1, 0.15) is 0 Å². The van der Waals surface area contributed by atoms with Crippen LogP contribution in [0.5, 0.6) is 0 Å². The smallest absolute Gasteiger partial charge is 0.0725 e. The number of rotatable bonds is 4. The molecule has 0 N–H and O–H groups in total. The van der Waals surface area contributed by atoms with Crippen molar-refractivity contribution in [3.63, 3.8) is 0 Å². The van der Waals surface area contributed by atoms with E-state index in [1.54, 1.807) is 0 Å². The second kappa shape index (κ2) is 13.4. The molecule has 0 amide bonds. The van der Waals surface area contributed by atoms with Crippen LogP contribution in [0.15, 0.2) is 237 Å². The van der Waals surface area contributed by atoms with Gasteiger partial charge in [-0.15, -0.1) is 0 Å². The first-order valence-corrected chi connectivity index (χ1v) is 22.3. The molecule has 0 atom stereocenters. The second-order valence-corrected chi connectivity index (χ2v) is 17.5. The van der Waals surface area contributed by atoms with Gasteiger partial charge in [-0.1, -0.05) is 200 Å². The molecule has 0 bridgehead atoms. The SMILES string of the molecule is c1ccc(-c2c3ccccc3c(-c3ccc(-n4c5ccccc5c5cc(-c6ccc7c(c6)C6(c8ccccc8-c8ccccc86)c6ccccc6-7)ccc54)cc3)c3ccccc23)cc1. The lowest BCUT2D eigenvalue weighted by Gasteiger charge is -2.30. The Morgan fingerprint density at radius 2 is 0.656 bits per heavy atom. The standard InChI is InChI=1S/C63H39N/c1-2-16-40(17-3-1)61-50-22-4-6-24-52(50)62(53-25-7-5-23-51(53)61)41-30-34-44(35-31-41)64-59-29-15-11-21-49(59)54-38-42(33-37-60(54)64)43-32-36-48-47-20-10-14-28-57(47)63(58(48)39-43)55-26-12-8-18-45(55)46-19-9-13-27-56(46)63/h1-39H. The lowest BCUT2D eigenvalue weighted by molar-refractivity contribution is 0.794. The van der Waals surface area contributed by atoms with Crippen LogP contribution in [0.3, 0.4) is 0 Å². The Morgan fingerprint density at radius 1 is 0.250 bits per heavy atom. The minimum atomic E-state index is -0.371. The van der Waals surface area contributed by atoms with Gasteiger partial charge in [0.25, 0.3) is 0 Å². The topological polar surface area (TPSA) is 4.93 Å². The largest absolute Gasteiger partial charge is 0.309 e. The summed E-state index contributed by atoms with van der Waals surface area (Å²) >= 11 is 0. The van der Waals surface area contributed by atoms with Crippen molar-refractivity contribution in [1.82, 2.24) is 4.57 Å². The fourth-order valence-electron chi connectivity index (χ4n) is 11.8. The van der Waals surface area contributed by atoms with E-state index in [1.165, 1.54) is 121 Å². The van der Waals surface area contributed by atoms with Crippen LogP contribution in [-0.2, 0) is 5.41 Å². The van der Waals surface area contributed by atoms with Crippen LogP contribution in [0.1, 0.15) is 22.3 Å². The minimum Gasteiger partial charge on any atom is -0.309 e. The van der Waals surface area contributed by atoms with Crippen molar-refractivity contribution >= 4 is 43.4 Å². The highest BCUT2D eigenvalue weighted by atomic mass is 15.0. The molecule has 0 aliphatic heterocycles. The van der Waals surface area contributed by atoms with E-state index in [-0.39, 0.29) is 5.41 Å². The average molecular weight is 810 g/mol. The Balaban J connectivity index is 0.915. The minimum absolute atomic E-state index is 0.371. The van der Waals surface area contributed by atoms with E-state index in [0.29, 0.717) is 0 Å². The highest BCUT2D eigenvalue weighted by Crippen LogP contribution is 2.63. The van der Waals surface area contributed by atoms with Crippen molar-refractivity contribution in [3.8, 4) is 61.3 Å². The van der Waals surface area contributed by atoms with Crippen molar-refractivity contribution in [2.75, 3.05) is 0 Å². The van der Waals surface area contributed by atoms with Gasteiger partial charge in [0, 0.05) is 16.5 Å². The number of hydrogen-bond acceptors (Lipinski definition) is 0. The maximum Gasteiger partial charge on any atom is 0.0725 e. The van der Waals surface area contributed by atoms with E-state index in [2.05, 4.69) is 241 Å². The molecule has 14 rings (SSSR count). The Hall–Kier alpha value is -8.26. The Labute approximate surface area is 371 Å². The third-order valence-electron chi connectivity index (χ3n) is 14.4. The van der Waals surface area contributed by atoms with Crippen molar-refractivity contribution in [2.45, 2.75) is 5.41 Å². The first-order chi connectivity index (χ1) is 31.8. The first-order valence-electron chi connectivity index (χ1n) is 22.3. The molecule has 1 heteroatoms. The predicted molar refractivity (Wildman–Crippen MR) is 268 cm³/mol. The highest BCUT2D eigenvalue weighted by molar-refractivity contribution is 6.21. The van der Waals surface area contributed by atoms with Gasteiger partial charge in [-0.3, -0.25) is 0 Å². The van der Waals surface area contributed by atoms with E-state index in [4.69, 9.17) is 0 Å². The van der Waals surface area contributed by atoms with E-state index in [9.17, 15) is 0 Å². The molecule has 1 heterocycles. The van der Waals surface area contributed by atoms with Gasteiger partial charge in [0.05, 0.1) is 16.4 Å². The summed E-state index contributed by atoms with van der Waals surface area (Å²) in [5, 5.41) is 7.57. The number of benzene rings is 11. The quantitative estimate of drug-likeness (QED) is 0.156. The maximum absolute atomic E-state index is 2.49. The summed E-state index contributed by atoms with van der Waals surface area (Å²) in [4.78, 5) is 0. The summed E-state index contributed by atoms with van der Waals surface area (Å²) in [5.41, 5.74) is 21.4. The van der Waals surface area contributed by atoms with Crippen molar-refractivity contribution in [3.05, 3.63) is 259 Å². The van der Waals surface area contributed by atoms with Crippen LogP contribution in [0, 0.1) is 0 Å². The molecule has 296 valence electrons. The summed E-state index contributed by atoms with van der Waals surface area (Å²) in [7, 11) is 0.